The lowest BCUT2D eigenvalue weighted by molar-refractivity contribution is -0.144. The van der Waals surface area contributed by atoms with E-state index >= 15 is 0 Å². The van der Waals surface area contributed by atoms with Crippen LogP contribution in [0.3, 0.4) is 0 Å². The normalized spacial score (nSPS) is 20.4. The summed E-state index contributed by atoms with van der Waals surface area (Å²) in [5, 5.41) is 3.42. The van der Waals surface area contributed by atoms with Crippen molar-refractivity contribution in [2.75, 3.05) is 14.2 Å². The van der Waals surface area contributed by atoms with Crippen molar-refractivity contribution < 1.29 is 23.8 Å². The van der Waals surface area contributed by atoms with Gasteiger partial charge in [0.15, 0.2) is 17.3 Å². The van der Waals surface area contributed by atoms with Crippen molar-refractivity contribution in [1.29, 1.82) is 0 Å². The number of aryl methyl sites for hydroxylation is 1. The third-order valence-corrected chi connectivity index (χ3v) is 7.31. The molecule has 0 saturated carbocycles. The van der Waals surface area contributed by atoms with Crippen LogP contribution in [0.2, 0.25) is 0 Å². The maximum absolute atomic E-state index is 13.8. The van der Waals surface area contributed by atoms with Crippen LogP contribution in [0.15, 0.2) is 65.0 Å². The number of hydrogen-bond acceptors (Lipinski definition) is 6. The summed E-state index contributed by atoms with van der Waals surface area (Å²) in [5.74, 6) is 0.493. The lowest BCUT2D eigenvalue weighted by Crippen LogP contribution is -2.36. The van der Waals surface area contributed by atoms with Crippen LogP contribution in [-0.2, 0) is 14.3 Å². The molecule has 2 aliphatic rings. The molecule has 0 amide bonds. The molecular formula is C30H35NO5. The van der Waals surface area contributed by atoms with Crippen LogP contribution in [0.5, 0.6) is 11.5 Å². The Labute approximate surface area is 213 Å². The number of ketones is 1. The highest BCUT2D eigenvalue weighted by molar-refractivity contribution is 6.04. The molecule has 3 atom stereocenters. The predicted octanol–water partition coefficient (Wildman–Crippen LogP) is 5.72. The van der Waals surface area contributed by atoms with Crippen LogP contribution in [0, 0.1) is 6.92 Å². The lowest BCUT2D eigenvalue weighted by atomic mass is 9.71. The highest BCUT2D eigenvalue weighted by Crippen LogP contribution is 2.47. The molecule has 6 heteroatoms. The summed E-state index contributed by atoms with van der Waals surface area (Å²) in [7, 11) is 3.22. The summed E-state index contributed by atoms with van der Waals surface area (Å²) in [6, 6.07) is 13.8. The molecule has 2 aromatic rings. The molecule has 4 rings (SSSR count). The quantitative estimate of drug-likeness (QED) is 0.502. The van der Waals surface area contributed by atoms with E-state index in [1.807, 2.05) is 70.2 Å². The summed E-state index contributed by atoms with van der Waals surface area (Å²) in [6.45, 7) is 7.78. The van der Waals surface area contributed by atoms with Gasteiger partial charge in [-0.1, -0.05) is 37.3 Å². The third-order valence-electron chi connectivity index (χ3n) is 7.31. The molecule has 190 valence electrons. The Morgan fingerprint density at radius 2 is 1.78 bits per heavy atom. The molecule has 0 unspecified atom stereocenters. The maximum atomic E-state index is 13.8. The number of rotatable bonds is 7. The number of nitrogens with one attached hydrogen (secondary N) is 1. The molecule has 0 fully saturated rings. The van der Waals surface area contributed by atoms with Crippen LogP contribution < -0.4 is 14.8 Å². The summed E-state index contributed by atoms with van der Waals surface area (Å²) >= 11 is 0. The Morgan fingerprint density at radius 1 is 1.06 bits per heavy atom. The lowest BCUT2D eigenvalue weighted by Gasteiger charge is -2.37. The van der Waals surface area contributed by atoms with E-state index < -0.39 is 5.92 Å². The molecule has 0 aromatic heterocycles. The van der Waals surface area contributed by atoms with Crippen molar-refractivity contribution >= 4 is 11.8 Å². The highest BCUT2D eigenvalue weighted by Gasteiger charge is 2.42. The van der Waals surface area contributed by atoms with Gasteiger partial charge in [0.05, 0.1) is 25.9 Å². The molecular weight excluding hydrogens is 454 g/mol. The number of ether oxygens (including phenoxy) is 3. The Bertz CT molecular complexity index is 1240. The first-order chi connectivity index (χ1) is 17.3. The largest absolute Gasteiger partial charge is 0.493 e. The van der Waals surface area contributed by atoms with E-state index in [4.69, 9.17) is 14.2 Å². The van der Waals surface area contributed by atoms with E-state index in [1.165, 1.54) is 0 Å². The first kappa shape index (κ1) is 25.5. The van der Waals surface area contributed by atoms with Gasteiger partial charge >= 0.3 is 5.97 Å². The van der Waals surface area contributed by atoms with Gasteiger partial charge in [-0.25, -0.2) is 4.79 Å². The molecule has 1 N–H and O–H groups in total. The fourth-order valence-electron chi connectivity index (χ4n) is 5.20. The Hall–Kier alpha value is -3.54. The van der Waals surface area contributed by atoms with E-state index in [9.17, 15) is 9.59 Å². The number of carbonyl (C=O) groups is 2. The Balaban J connectivity index is 1.77. The van der Waals surface area contributed by atoms with Crippen molar-refractivity contribution in [3.05, 3.63) is 81.7 Å². The summed E-state index contributed by atoms with van der Waals surface area (Å²) in [5.41, 5.74) is 5.80. The van der Waals surface area contributed by atoms with Crippen molar-refractivity contribution in [3.63, 3.8) is 0 Å². The minimum Gasteiger partial charge on any atom is -0.493 e. The molecule has 36 heavy (non-hydrogen) atoms. The van der Waals surface area contributed by atoms with Gasteiger partial charge in [-0.15, -0.1) is 0 Å². The molecule has 0 saturated heterocycles. The SMILES string of the molecule is CC[C@@H](C)OC(=O)C1=C(C)NC2=C(C(=O)C[C@H](c3ccc(OC)c(OC)c3)C2)[C@H]1c1ccccc1C. The molecule has 1 heterocycles. The van der Waals surface area contributed by atoms with Crippen LogP contribution in [-0.4, -0.2) is 32.1 Å². The number of carbonyl (C=O) groups excluding carboxylic acids is 2. The van der Waals surface area contributed by atoms with Gasteiger partial charge in [0.2, 0.25) is 0 Å². The van der Waals surface area contributed by atoms with Crippen LogP contribution in [0.1, 0.15) is 68.6 Å². The Kier molecular flexibility index (Phi) is 7.53. The predicted molar refractivity (Wildman–Crippen MR) is 139 cm³/mol. The number of Topliss-reactive ketones (excluding diaryl/α,β-unsaturated/α-hetero) is 1. The van der Waals surface area contributed by atoms with Gasteiger partial charge in [0.1, 0.15) is 0 Å². The average molecular weight is 490 g/mol. The highest BCUT2D eigenvalue weighted by atomic mass is 16.5. The number of methoxy groups -OCH3 is 2. The van der Waals surface area contributed by atoms with Crippen LogP contribution in [0.25, 0.3) is 0 Å². The first-order valence-corrected chi connectivity index (χ1v) is 12.5. The van der Waals surface area contributed by atoms with Crippen molar-refractivity contribution in [2.45, 2.75) is 64.9 Å². The van der Waals surface area contributed by atoms with E-state index in [2.05, 4.69) is 5.32 Å². The second-order valence-electron chi connectivity index (χ2n) is 9.61. The second-order valence-corrected chi connectivity index (χ2v) is 9.61. The van der Waals surface area contributed by atoms with E-state index in [0.29, 0.717) is 35.5 Å². The van der Waals surface area contributed by atoms with E-state index in [1.54, 1.807) is 14.2 Å². The molecule has 0 radical (unpaired) electrons. The Morgan fingerprint density at radius 3 is 2.44 bits per heavy atom. The van der Waals surface area contributed by atoms with Gasteiger partial charge < -0.3 is 19.5 Å². The summed E-state index contributed by atoms with van der Waals surface area (Å²) < 4.78 is 16.6. The summed E-state index contributed by atoms with van der Waals surface area (Å²) in [6.07, 6.45) is 1.53. The fourth-order valence-corrected chi connectivity index (χ4v) is 5.20. The van der Waals surface area contributed by atoms with Gasteiger partial charge in [-0.05, 0) is 68.4 Å². The number of allylic oxidation sites excluding steroid dienone is 3. The molecule has 2 aromatic carbocycles. The minimum absolute atomic E-state index is 0.0116. The number of hydrogen-bond donors (Lipinski definition) is 1. The van der Waals surface area contributed by atoms with Gasteiger partial charge in [-0.2, -0.15) is 0 Å². The van der Waals surface area contributed by atoms with Crippen LogP contribution >= 0.6 is 0 Å². The number of benzene rings is 2. The maximum Gasteiger partial charge on any atom is 0.337 e. The standard InChI is InChI=1S/C30H35NO5/c1-7-18(3)36-30(33)27-19(4)31-23-14-21(20-12-13-25(34-5)26(16-20)35-6)15-24(32)29(23)28(27)22-11-9-8-10-17(22)2/h8-13,16,18,21,28,31H,7,14-15H2,1-6H3/t18-,21-,28+/m1/s1. The van der Waals surface area contributed by atoms with E-state index in [0.717, 1.165) is 34.5 Å². The van der Waals surface area contributed by atoms with E-state index in [-0.39, 0.29) is 23.8 Å². The number of dihydropyridines is 1. The monoisotopic (exact) mass is 489 g/mol. The van der Waals surface area contributed by atoms with Crippen molar-refractivity contribution in [2.24, 2.45) is 0 Å². The van der Waals surface area contributed by atoms with Gasteiger partial charge in [0, 0.05) is 29.3 Å². The molecule has 0 bridgehead atoms. The smallest absolute Gasteiger partial charge is 0.337 e. The second kappa shape index (κ2) is 10.6. The first-order valence-electron chi connectivity index (χ1n) is 12.5. The minimum atomic E-state index is -0.460. The zero-order valence-corrected chi connectivity index (χ0v) is 21.9. The van der Waals surface area contributed by atoms with Crippen molar-refractivity contribution in [1.82, 2.24) is 5.32 Å². The molecule has 0 spiro atoms. The number of esters is 1. The molecule has 1 aliphatic carbocycles. The van der Waals surface area contributed by atoms with Crippen molar-refractivity contribution in [3.8, 4) is 11.5 Å². The van der Waals surface area contributed by atoms with Crippen LogP contribution in [0.4, 0.5) is 0 Å². The zero-order valence-electron chi connectivity index (χ0n) is 21.9. The molecule has 1 aliphatic heterocycles. The third kappa shape index (κ3) is 4.77. The zero-order chi connectivity index (χ0) is 26.0. The van der Waals surface area contributed by atoms with Gasteiger partial charge in [0.25, 0.3) is 0 Å². The summed E-state index contributed by atoms with van der Waals surface area (Å²) in [4.78, 5) is 27.2. The topological polar surface area (TPSA) is 73.9 Å². The van der Waals surface area contributed by atoms with Gasteiger partial charge in [-0.3, -0.25) is 4.79 Å². The average Bonchev–Trinajstić information content (AvgIpc) is 2.87. The fraction of sp³-hybridized carbons (Fsp3) is 0.400. The molecule has 6 nitrogen and oxygen atoms in total.